The van der Waals surface area contributed by atoms with Crippen LogP contribution in [-0.4, -0.2) is 117 Å². The van der Waals surface area contributed by atoms with Crippen LogP contribution in [0, 0.1) is 11.8 Å². The number of carbonyl (C=O) groups is 3. The van der Waals surface area contributed by atoms with Crippen LogP contribution in [0.3, 0.4) is 0 Å². The van der Waals surface area contributed by atoms with Gasteiger partial charge in [-0.05, 0) is 85.4 Å². The molecule has 6 heterocycles. The van der Waals surface area contributed by atoms with Crippen LogP contribution in [-0.2, 0) is 23.8 Å². The number of nitrogens with one attached hydrogen (secondary N) is 4. The van der Waals surface area contributed by atoms with Crippen molar-refractivity contribution in [3.05, 3.63) is 78.8 Å². The van der Waals surface area contributed by atoms with Gasteiger partial charge in [0.15, 0.2) is 0 Å². The molecule has 16 nitrogen and oxygen atoms in total. The summed E-state index contributed by atoms with van der Waals surface area (Å²) in [4.78, 5) is 64.7. The number of alkyl carbamates (subject to hydrolysis) is 1. The Labute approximate surface area is 354 Å². The zero-order chi connectivity index (χ0) is 42.6. The van der Waals surface area contributed by atoms with Gasteiger partial charge in [0, 0.05) is 56.3 Å². The summed E-state index contributed by atoms with van der Waals surface area (Å²) in [5.41, 5.74) is 5.36. The van der Waals surface area contributed by atoms with Gasteiger partial charge in [-0.2, -0.15) is 0 Å². The lowest BCUT2D eigenvalue weighted by atomic mass is 9.90. The number of methoxy groups -OCH3 is 2. The van der Waals surface area contributed by atoms with E-state index in [4.69, 9.17) is 29.2 Å². The van der Waals surface area contributed by atoms with Crippen LogP contribution in [0.15, 0.2) is 67.1 Å². The van der Waals surface area contributed by atoms with Crippen molar-refractivity contribution in [1.82, 2.24) is 45.4 Å². The third-order valence-electron chi connectivity index (χ3n) is 12.4. The van der Waals surface area contributed by atoms with E-state index < -0.39 is 24.6 Å². The van der Waals surface area contributed by atoms with E-state index in [1.807, 2.05) is 48.2 Å². The number of carbonyl (C=O) groups excluding carboxylic acids is 3. The van der Waals surface area contributed by atoms with Gasteiger partial charge >= 0.3 is 6.09 Å². The molecule has 0 spiro atoms. The number of likely N-dealkylation sites (tertiary alicyclic amines) is 2. The minimum atomic E-state index is -1.23. The minimum Gasteiger partial charge on any atom is -0.453 e. The van der Waals surface area contributed by atoms with Crippen LogP contribution < -0.4 is 10.6 Å². The van der Waals surface area contributed by atoms with E-state index in [-0.39, 0.29) is 35.7 Å². The number of aliphatic hydroxyl groups excluding tert-OH is 1. The molecule has 0 aliphatic carbocycles. The van der Waals surface area contributed by atoms with E-state index in [1.165, 1.54) is 14.2 Å². The van der Waals surface area contributed by atoms with Gasteiger partial charge in [0.05, 0.1) is 54.7 Å². The molecule has 5 aromatic rings. The molecule has 0 saturated carbocycles. The molecule has 3 saturated heterocycles. The molecule has 3 aromatic heterocycles. The molecule has 0 bridgehead atoms. The SMILES string of the molecule is COC(=O)NC(C(=O)N1CCCC1c1ncc(-c2ccc(-c3ccc4cc(-c5cnc(C6CCCN6C(=O)C(NC(O)OC)C(C)C)[nH]5)ccc4c3)nc2)[nH]1)C1CCOCC1. The fraction of sp³-hybridized carbons (Fsp3) is 0.467. The monoisotopic (exact) mass is 833 g/mol. The molecule has 2 aromatic carbocycles. The molecule has 322 valence electrons. The molecule has 5 N–H and O–H groups in total. The van der Waals surface area contributed by atoms with Gasteiger partial charge in [-0.15, -0.1) is 0 Å². The molecule has 3 fully saturated rings. The number of benzene rings is 2. The van der Waals surface area contributed by atoms with Crippen molar-refractivity contribution in [3.8, 4) is 33.8 Å². The minimum absolute atomic E-state index is 0.0330. The van der Waals surface area contributed by atoms with Crippen molar-refractivity contribution in [1.29, 1.82) is 0 Å². The number of amides is 3. The van der Waals surface area contributed by atoms with Crippen molar-refractivity contribution in [3.63, 3.8) is 0 Å². The zero-order valence-electron chi connectivity index (χ0n) is 35.1. The number of aromatic nitrogens is 5. The second kappa shape index (κ2) is 18.5. The fourth-order valence-electron chi connectivity index (χ4n) is 8.98. The maximum Gasteiger partial charge on any atom is 0.407 e. The number of hydrogen-bond acceptors (Lipinski definition) is 11. The number of imidazole rings is 2. The van der Waals surface area contributed by atoms with Crippen molar-refractivity contribution in [2.24, 2.45) is 11.8 Å². The van der Waals surface area contributed by atoms with Crippen LogP contribution in [0.2, 0.25) is 0 Å². The second-order valence-electron chi connectivity index (χ2n) is 16.5. The number of rotatable bonds is 13. The van der Waals surface area contributed by atoms with Crippen LogP contribution in [0.1, 0.15) is 76.1 Å². The molecule has 3 aliphatic heterocycles. The Balaban J connectivity index is 0.934. The number of aromatic amines is 2. The quantitative estimate of drug-likeness (QED) is 0.0913. The smallest absolute Gasteiger partial charge is 0.407 e. The lowest BCUT2D eigenvalue weighted by Gasteiger charge is -2.34. The van der Waals surface area contributed by atoms with Crippen LogP contribution >= 0.6 is 0 Å². The van der Waals surface area contributed by atoms with Gasteiger partial charge in [0.25, 0.3) is 0 Å². The summed E-state index contributed by atoms with van der Waals surface area (Å²) >= 11 is 0. The van der Waals surface area contributed by atoms with Crippen molar-refractivity contribution in [2.75, 3.05) is 40.5 Å². The van der Waals surface area contributed by atoms with Crippen LogP contribution in [0.5, 0.6) is 0 Å². The largest absolute Gasteiger partial charge is 0.453 e. The fourth-order valence-corrected chi connectivity index (χ4v) is 8.98. The Morgan fingerprint density at radius 3 is 1.95 bits per heavy atom. The molecule has 5 unspecified atom stereocenters. The van der Waals surface area contributed by atoms with E-state index in [0.29, 0.717) is 45.0 Å². The maximum absolute atomic E-state index is 14.0. The molecule has 16 heteroatoms. The summed E-state index contributed by atoms with van der Waals surface area (Å²) in [5, 5.41) is 17.9. The average molecular weight is 834 g/mol. The Morgan fingerprint density at radius 1 is 0.770 bits per heavy atom. The highest BCUT2D eigenvalue weighted by Crippen LogP contribution is 2.36. The molecule has 0 radical (unpaired) electrons. The maximum atomic E-state index is 14.0. The standard InChI is InChI=1S/C45H55N9O7/c1-26(2)38(51-44(57)59-3)42(55)53-17-5-7-36(53)40-47-24-34(49-40)31-12-10-28-21-30(11-9-29(28)22-31)33-14-13-32(23-46-33)35-25-48-41(50-35)37-8-6-18-54(37)43(56)39(52-45(58)60-4)27-15-19-61-20-16-27/h9-14,21-27,36-39,44,51,57H,5-8,15-20H2,1-4H3,(H,47,49)(H,48,50)(H,52,58). The third-order valence-corrected chi connectivity index (χ3v) is 12.4. The zero-order valence-corrected chi connectivity index (χ0v) is 35.1. The highest BCUT2D eigenvalue weighted by molar-refractivity contribution is 5.90. The predicted octanol–water partition coefficient (Wildman–Crippen LogP) is 5.70. The van der Waals surface area contributed by atoms with E-state index in [2.05, 4.69) is 57.0 Å². The van der Waals surface area contributed by atoms with Crippen molar-refractivity contribution < 1.29 is 33.7 Å². The number of ether oxygens (including phenoxy) is 3. The first-order valence-electron chi connectivity index (χ1n) is 21.2. The summed E-state index contributed by atoms with van der Waals surface area (Å²) in [5.74, 6) is 1.16. The Hall–Kier alpha value is -5.68. The molecule has 3 amide bonds. The Morgan fingerprint density at radius 2 is 1.36 bits per heavy atom. The summed E-state index contributed by atoms with van der Waals surface area (Å²) in [6.07, 6.45) is 8.24. The normalized spacial score (nSPS) is 20.0. The van der Waals surface area contributed by atoms with Gasteiger partial charge in [-0.3, -0.25) is 19.9 Å². The molecular weight excluding hydrogens is 779 g/mol. The molecule has 8 rings (SSSR count). The summed E-state index contributed by atoms with van der Waals surface area (Å²) in [6, 6.07) is 14.9. The van der Waals surface area contributed by atoms with Gasteiger partial charge in [0.2, 0.25) is 18.2 Å². The number of pyridine rings is 1. The van der Waals surface area contributed by atoms with Crippen LogP contribution in [0.25, 0.3) is 44.5 Å². The first-order valence-corrected chi connectivity index (χ1v) is 21.2. The van der Waals surface area contributed by atoms with Crippen molar-refractivity contribution in [2.45, 2.75) is 83.0 Å². The van der Waals surface area contributed by atoms with Gasteiger partial charge in [-0.25, -0.2) is 14.8 Å². The highest BCUT2D eigenvalue weighted by atomic mass is 16.6. The molecule has 5 atom stereocenters. The first kappa shape index (κ1) is 42.0. The van der Waals surface area contributed by atoms with E-state index >= 15 is 0 Å². The summed E-state index contributed by atoms with van der Waals surface area (Å²) < 4.78 is 15.3. The number of nitrogens with zero attached hydrogens (tertiary/aromatic N) is 5. The van der Waals surface area contributed by atoms with Gasteiger partial charge in [-0.1, -0.05) is 38.1 Å². The number of H-pyrrole nitrogens is 2. The Bertz CT molecular complexity index is 2320. The van der Waals surface area contributed by atoms with Crippen molar-refractivity contribution >= 4 is 28.7 Å². The van der Waals surface area contributed by atoms with Gasteiger partial charge < -0.3 is 44.4 Å². The molecular formula is C45H55N9O7. The second-order valence-corrected chi connectivity index (χ2v) is 16.5. The number of hydrogen-bond donors (Lipinski definition) is 5. The predicted molar refractivity (Wildman–Crippen MR) is 227 cm³/mol. The lowest BCUT2D eigenvalue weighted by molar-refractivity contribution is -0.145. The van der Waals surface area contributed by atoms with E-state index in [9.17, 15) is 19.5 Å². The topological polar surface area (TPSA) is 200 Å². The third kappa shape index (κ3) is 9.03. The highest BCUT2D eigenvalue weighted by Gasteiger charge is 2.40. The summed E-state index contributed by atoms with van der Waals surface area (Å²) in [7, 11) is 2.69. The van der Waals surface area contributed by atoms with Gasteiger partial charge in [0.1, 0.15) is 17.7 Å². The van der Waals surface area contributed by atoms with Crippen LogP contribution in [0.4, 0.5) is 4.79 Å². The molecule has 3 aliphatic rings. The Kier molecular flexibility index (Phi) is 12.8. The number of aliphatic hydroxyl groups is 1. The average Bonchev–Trinajstić information content (AvgIpc) is 4.14. The number of fused-ring (bicyclic) bond motifs is 1. The van der Waals surface area contributed by atoms with E-state index in [1.54, 1.807) is 6.20 Å². The lowest BCUT2D eigenvalue weighted by Crippen LogP contribution is -2.53. The van der Waals surface area contributed by atoms with E-state index in [0.717, 1.165) is 76.1 Å². The first-order chi connectivity index (χ1) is 29.6. The summed E-state index contributed by atoms with van der Waals surface area (Å²) in [6.45, 7) is 6.20. The molecule has 61 heavy (non-hydrogen) atoms.